The molecule has 1 amide bonds. The van der Waals surface area contributed by atoms with Gasteiger partial charge < -0.3 is 5.32 Å². The smallest absolute Gasteiger partial charge is 0.254 e. The molecule has 1 aromatic rings. The first-order valence-corrected chi connectivity index (χ1v) is 7.43. The van der Waals surface area contributed by atoms with Crippen LogP contribution in [0, 0.1) is 11.7 Å². The first-order valence-electron chi connectivity index (χ1n) is 5.93. The van der Waals surface area contributed by atoms with Crippen molar-refractivity contribution in [2.45, 2.75) is 25.3 Å². The summed E-state index contributed by atoms with van der Waals surface area (Å²) in [5, 5.41) is 4.12. The van der Waals surface area contributed by atoms with Crippen LogP contribution in [0.25, 0.3) is 0 Å². The molecule has 5 heteroatoms. The van der Waals surface area contributed by atoms with Gasteiger partial charge in [-0.05, 0) is 37.0 Å². The van der Waals surface area contributed by atoms with E-state index in [1.54, 1.807) is 0 Å². The fourth-order valence-corrected chi connectivity index (χ4v) is 3.28. The molecule has 2 nitrogen and oxygen atoms in total. The van der Waals surface area contributed by atoms with Gasteiger partial charge in [-0.2, -0.15) is 0 Å². The van der Waals surface area contributed by atoms with Gasteiger partial charge in [0, 0.05) is 16.4 Å². The van der Waals surface area contributed by atoms with Gasteiger partial charge in [0.25, 0.3) is 5.91 Å². The molecule has 0 spiro atoms. The van der Waals surface area contributed by atoms with Crippen molar-refractivity contribution in [3.05, 3.63) is 34.6 Å². The molecule has 0 saturated heterocycles. The number of halogens is 3. The summed E-state index contributed by atoms with van der Waals surface area (Å²) in [5.74, 6) is -0.491. The van der Waals surface area contributed by atoms with Crippen molar-refractivity contribution < 1.29 is 9.18 Å². The third kappa shape index (κ3) is 3.04. The zero-order chi connectivity index (χ0) is 13.1. The van der Waals surface area contributed by atoms with Crippen LogP contribution in [0.3, 0.4) is 0 Å². The molecule has 1 fully saturated rings. The second-order valence-corrected chi connectivity index (χ2v) is 5.63. The molecule has 1 N–H and O–H groups in total. The van der Waals surface area contributed by atoms with Crippen LogP contribution in [0.2, 0.25) is 5.02 Å². The Kier molecular flexibility index (Phi) is 4.62. The second-order valence-electron chi connectivity index (χ2n) is 4.55. The Morgan fingerprint density at radius 1 is 1.50 bits per heavy atom. The maximum Gasteiger partial charge on any atom is 0.254 e. The molecule has 1 aliphatic rings. The van der Waals surface area contributed by atoms with E-state index in [1.807, 2.05) is 0 Å². The van der Waals surface area contributed by atoms with E-state index >= 15 is 0 Å². The SMILES string of the molecule is O=C(NC1CCCC1CBr)c1cc(Cl)ccc1F. The number of hydrogen-bond donors (Lipinski definition) is 1. The molecular formula is C13H14BrClFNO. The summed E-state index contributed by atoms with van der Waals surface area (Å²) in [7, 11) is 0. The molecule has 2 atom stereocenters. The predicted octanol–water partition coefficient (Wildman–Crippen LogP) is 3.77. The molecule has 0 aromatic heterocycles. The molecule has 1 saturated carbocycles. The van der Waals surface area contributed by atoms with Gasteiger partial charge in [-0.25, -0.2) is 4.39 Å². The number of rotatable bonds is 3. The topological polar surface area (TPSA) is 29.1 Å². The van der Waals surface area contributed by atoms with E-state index in [2.05, 4.69) is 21.2 Å². The fourth-order valence-electron chi connectivity index (χ4n) is 2.33. The van der Waals surface area contributed by atoms with Gasteiger partial charge in [0.15, 0.2) is 0 Å². The molecule has 0 radical (unpaired) electrons. The van der Waals surface area contributed by atoms with Crippen molar-refractivity contribution in [1.82, 2.24) is 5.32 Å². The Morgan fingerprint density at radius 3 is 3.00 bits per heavy atom. The lowest BCUT2D eigenvalue weighted by Gasteiger charge is -2.19. The predicted molar refractivity (Wildman–Crippen MR) is 73.8 cm³/mol. The number of benzene rings is 1. The summed E-state index contributed by atoms with van der Waals surface area (Å²) in [6, 6.07) is 4.14. The number of nitrogens with one attached hydrogen (secondary N) is 1. The van der Waals surface area contributed by atoms with E-state index in [9.17, 15) is 9.18 Å². The van der Waals surface area contributed by atoms with Crippen molar-refractivity contribution in [3.8, 4) is 0 Å². The minimum absolute atomic E-state index is 0.0164. The normalized spacial score (nSPS) is 23.1. The van der Waals surface area contributed by atoms with Crippen molar-refractivity contribution in [2.75, 3.05) is 5.33 Å². The molecule has 1 aromatic carbocycles. The van der Waals surface area contributed by atoms with Crippen LogP contribution in [-0.4, -0.2) is 17.3 Å². The number of alkyl halides is 1. The maximum absolute atomic E-state index is 13.5. The molecule has 0 bridgehead atoms. The van der Waals surface area contributed by atoms with E-state index in [0.717, 1.165) is 24.6 Å². The summed E-state index contributed by atoms with van der Waals surface area (Å²) < 4.78 is 13.5. The van der Waals surface area contributed by atoms with E-state index < -0.39 is 5.82 Å². The summed E-state index contributed by atoms with van der Waals surface area (Å²) >= 11 is 9.22. The lowest BCUT2D eigenvalue weighted by Crippen LogP contribution is -2.38. The van der Waals surface area contributed by atoms with Crippen LogP contribution in [0.5, 0.6) is 0 Å². The van der Waals surface area contributed by atoms with Crippen LogP contribution in [0.4, 0.5) is 4.39 Å². The number of amides is 1. The van der Waals surface area contributed by atoms with Gasteiger partial charge in [-0.1, -0.05) is 34.0 Å². The molecule has 0 aliphatic heterocycles. The molecule has 0 heterocycles. The number of hydrogen-bond acceptors (Lipinski definition) is 1. The van der Waals surface area contributed by atoms with Crippen molar-refractivity contribution in [2.24, 2.45) is 5.92 Å². The average molecular weight is 335 g/mol. The minimum atomic E-state index is -0.537. The maximum atomic E-state index is 13.5. The lowest BCUT2D eigenvalue weighted by molar-refractivity contribution is 0.0926. The van der Waals surface area contributed by atoms with Gasteiger partial charge in [0.05, 0.1) is 5.56 Å². The monoisotopic (exact) mass is 333 g/mol. The third-order valence-corrected chi connectivity index (χ3v) is 4.41. The highest BCUT2D eigenvalue weighted by molar-refractivity contribution is 9.09. The van der Waals surface area contributed by atoms with E-state index in [0.29, 0.717) is 10.9 Å². The third-order valence-electron chi connectivity index (χ3n) is 3.35. The quantitative estimate of drug-likeness (QED) is 0.838. The Labute approximate surface area is 119 Å². The Balaban J connectivity index is 2.09. The van der Waals surface area contributed by atoms with Crippen LogP contribution in [0.15, 0.2) is 18.2 Å². The van der Waals surface area contributed by atoms with Crippen molar-refractivity contribution in [3.63, 3.8) is 0 Å². The molecule has 2 rings (SSSR count). The molecular weight excluding hydrogens is 321 g/mol. The number of carbonyl (C=O) groups is 1. The van der Waals surface area contributed by atoms with Crippen LogP contribution in [0.1, 0.15) is 29.6 Å². The first kappa shape index (κ1) is 13.8. The highest BCUT2D eigenvalue weighted by Gasteiger charge is 2.28. The van der Waals surface area contributed by atoms with Gasteiger partial charge in [-0.15, -0.1) is 0 Å². The van der Waals surface area contributed by atoms with E-state index in [-0.39, 0.29) is 17.5 Å². The largest absolute Gasteiger partial charge is 0.349 e. The summed E-state index contributed by atoms with van der Waals surface area (Å²) in [5.41, 5.74) is 0.0164. The van der Waals surface area contributed by atoms with Crippen LogP contribution in [-0.2, 0) is 0 Å². The minimum Gasteiger partial charge on any atom is -0.349 e. The summed E-state index contributed by atoms with van der Waals surface area (Å²) in [6.45, 7) is 0. The van der Waals surface area contributed by atoms with E-state index in [4.69, 9.17) is 11.6 Å². The summed E-state index contributed by atoms with van der Waals surface area (Å²) in [6.07, 6.45) is 3.14. The Hall–Kier alpha value is -0.610. The van der Waals surface area contributed by atoms with Crippen molar-refractivity contribution >= 4 is 33.4 Å². The lowest BCUT2D eigenvalue weighted by atomic mass is 10.1. The zero-order valence-corrected chi connectivity index (χ0v) is 12.1. The van der Waals surface area contributed by atoms with Gasteiger partial charge >= 0.3 is 0 Å². The van der Waals surface area contributed by atoms with Gasteiger partial charge in [-0.3, -0.25) is 4.79 Å². The Morgan fingerprint density at radius 2 is 2.28 bits per heavy atom. The Bertz CT molecular complexity index is 455. The first-order chi connectivity index (χ1) is 8.61. The van der Waals surface area contributed by atoms with Crippen LogP contribution < -0.4 is 5.32 Å². The average Bonchev–Trinajstić information content (AvgIpc) is 2.79. The van der Waals surface area contributed by atoms with Gasteiger partial charge in [0.2, 0.25) is 0 Å². The molecule has 2 unspecified atom stereocenters. The molecule has 1 aliphatic carbocycles. The van der Waals surface area contributed by atoms with Crippen LogP contribution >= 0.6 is 27.5 Å². The highest BCUT2D eigenvalue weighted by atomic mass is 79.9. The highest BCUT2D eigenvalue weighted by Crippen LogP contribution is 2.27. The summed E-state index contributed by atoms with van der Waals surface area (Å²) in [4.78, 5) is 12.0. The molecule has 18 heavy (non-hydrogen) atoms. The van der Waals surface area contributed by atoms with Gasteiger partial charge in [0.1, 0.15) is 5.82 Å². The fraction of sp³-hybridized carbons (Fsp3) is 0.462. The van der Waals surface area contributed by atoms with Crippen molar-refractivity contribution in [1.29, 1.82) is 0 Å². The zero-order valence-electron chi connectivity index (χ0n) is 9.76. The second kappa shape index (κ2) is 6.02. The molecule has 98 valence electrons. The van der Waals surface area contributed by atoms with E-state index in [1.165, 1.54) is 18.2 Å². The number of carbonyl (C=O) groups excluding carboxylic acids is 1. The standard InChI is InChI=1S/C13H14BrClFNO/c14-7-8-2-1-3-12(8)17-13(18)10-6-9(15)4-5-11(10)16/h4-6,8,12H,1-3,7H2,(H,17,18).